The third-order valence-corrected chi connectivity index (χ3v) is 4.83. The molecule has 2 aromatic carbocycles. The molecule has 1 N–H and O–H groups in total. The van der Waals surface area contributed by atoms with E-state index in [2.05, 4.69) is 0 Å². The summed E-state index contributed by atoms with van der Waals surface area (Å²) in [7, 11) is 0. The molecule has 0 aliphatic carbocycles. The molecule has 1 fully saturated rings. The molecule has 3 rings (SSSR count). The zero-order chi connectivity index (χ0) is 19.7. The van der Waals surface area contributed by atoms with Crippen LogP contribution in [0.3, 0.4) is 0 Å². The van der Waals surface area contributed by atoms with E-state index in [1.54, 1.807) is 17.0 Å². The summed E-state index contributed by atoms with van der Waals surface area (Å²) in [6.07, 6.45) is 0.308. The van der Waals surface area contributed by atoms with Crippen LogP contribution in [-0.4, -0.2) is 34.8 Å². The number of hydrogen-bond donors (Lipinski definition) is 1. The minimum Gasteiger partial charge on any atom is -0.444 e. The minimum atomic E-state index is -1.14. The zero-order valence-electron chi connectivity index (χ0n) is 16.0. The van der Waals surface area contributed by atoms with Crippen LogP contribution in [0.25, 0.3) is 11.1 Å². The third-order valence-electron chi connectivity index (χ3n) is 4.83. The van der Waals surface area contributed by atoms with Crippen molar-refractivity contribution in [1.82, 2.24) is 4.90 Å². The Bertz CT molecular complexity index is 806. The van der Waals surface area contributed by atoms with Gasteiger partial charge in [0.05, 0.1) is 5.60 Å². The maximum absolute atomic E-state index is 14.7. The molecule has 5 heteroatoms. The van der Waals surface area contributed by atoms with E-state index in [4.69, 9.17) is 4.74 Å². The summed E-state index contributed by atoms with van der Waals surface area (Å²) in [4.78, 5) is 13.8. The highest BCUT2D eigenvalue weighted by molar-refractivity contribution is 5.68. The number of amides is 1. The van der Waals surface area contributed by atoms with Gasteiger partial charge in [-0.3, -0.25) is 0 Å². The number of ether oxygens (including phenoxy) is 1. The molecule has 2 aromatic rings. The van der Waals surface area contributed by atoms with Gasteiger partial charge < -0.3 is 14.7 Å². The van der Waals surface area contributed by atoms with Crippen molar-refractivity contribution in [2.75, 3.05) is 13.1 Å². The van der Waals surface area contributed by atoms with E-state index in [9.17, 15) is 14.3 Å². The van der Waals surface area contributed by atoms with Gasteiger partial charge in [-0.2, -0.15) is 0 Å². The monoisotopic (exact) mass is 371 g/mol. The van der Waals surface area contributed by atoms with Crippen LogP contribution in [0, 0.1) is 5.82 Å². The van der Waals surface area contributed by atoms with Crippen LogP contribution in [0.2, 0.25) is 0 Å². The highest BCUT2D eigenvalue weighted by Gasteiger charge is 2.37. The van der Waals surface area contributed by atoms with E-state index in [0.29, 0.717) is 37.1 Å². The third kappa shape index (κ3) is 4.48. The van der Waals surface area contributed by atoms with E-state index in [1.165, 1.54) is 6.07 Å². The molecule has 27 heavy (non-hydrogen) atoms. The molecule has 0 atom stereocenters. The van der Waals surface area contributed by atoms with Crippen molar-refractivity contribution in [2.45, 2.75) is 44.8 Å². The number of aliphatic hydroxyl groups is 1. The highest BCUT2D eigenvalue weighted by Crippen LogP contribution is 2.35. The molecule has 1 heterocycles. The molecule has 0 bridgehead atoms. The van der Waals surface area contributed by atoms with Crippen LogP contribution in [0.1, 0.15) is 39.2 Å². The van der Waals surface area contributed by atoms with E-state index in [1.807, 2.05) is 51.1 Å². The van der Waals surface area contributed by atoms with Gasteiger partial charge in [-0.25, -0.2) is 9.18 Å². The number of likely N-dealkylation sites (tertiary alicyclic amines) is 1. The molecule has 0 spiro atoms. The smallest absolute Gasteiger partial charge is 0.410 e. The van der Waals surface area contributed by atoms with Gasteiger partial charge in [-0.15, -0.1) is 0 Å². The largest absolute Gasteiger partial charge is 0.444 e. The van der Waals surface area contributed by atoms with Gasteiger partial charge in [-0.05, 0) is 50.8 Å². The van der Waals surface area contributed by atoms with Gasteiger partial charge in [-0.1, -0.05) is 42.5 Å². The number of hydrogen-bond acceptors (Lipinski definition) is 3. The van der Waals surface area contributed by atoms with Crippen LogP contribution < -0.4 is 0 Å². The van der Waals surface area contributed by atoms with Crippen LogP contribution in [0.5, 0.6) is 0 Å². The maximum Gasteiger partial charge on any atom is 0.410 e. The Labute approximate surface area is 159 Å². The number of carbonyl (C=O) groups excluding carboxylic acids is 1. The number of rotatable bonds is 2. The number of nitrogens with zero attached hydrogens (tertiary/aromatic N) is 1. The number of halogens is 1. The second-order valence-corrected chi connectivity index (χ2v) is 8.06. The predicted molar refractivity (Wildman–Crippen MR) is 103 cm³/mol. The van der Waals surface area contributed by atoms with Gasteiger partial charge >= 0.3 is 6.09 Å². The fourth-order valence-corrected chi connectivity index (χ4v) is 3.33. The molecular weight excluding hydrogens is 345 g/mol. The van der Waals surface area contributed by atoms with Gasteiger partial charge in [0.15, 0.2) is 0 Å². The van der Waals surface area contributed by atoms with Crippen LogP contribution in [0.4, 0.5) is 9.18 Å². The van der Waals surface area contributed by atoms with Crippen LogP contribution >= 0.6 is 0 Å². The molecule has 144 valence electrons. The molecule has 4 nitrogen and oxygen atoms in total. The molecule has 1 aliphatic heterocycles. The predicted octanol–water partition coefficient (Wildman–Crippen LogP) is 4.71. The molecule has 1 amide bonds. The van der Waals surface area contributed by atoms with Gasteiger partial charge in [0, 0.05) is 18.7 Å². The summed E-state index contributed by atoms with van der Waals surface area (Å²) in [6, 6.07) is 14.2. The Hall–Kier alpha value is -2.40. The zero-order valence-corrected chi connectivity index (χ0v) is 16.0. The summed E-state index contributed by atoms with van der Waals surface area (Å²) < 4.78 is 20.0. The molecule has 0 saturated carbocycles. The lowest BCUT2D eigenvalue weighted by Crippen LogP contribution is -2.46. The highest BCUT2D eigenvalue weighted by atomic mass is 19.1. The first-order valence-corrected chi connectivity index (χ1v) is 9.24. The average molecular weight is 371 g/mol. The van der Waals surface area contributed by atoms with E-state index in [0.717, 1.165) is 5.56 Å². The van der Waals surface area contributed by atoms with Crippen LogP contribution in [0.15, 0.2) is 48.5 Å². The van der Waals surface area contributed by atoms with Crippen molar-refractivity contribution in [3.05, 3.63) is 59.9 Å². The van der Waals surface area contributed by atoms with Crippen molar-refractivity contribution >= 4 is 6.09 Å². The first-order chi connectivity index (χ1) is 12.7. The molecule has 1 saturated heterocycles. The lowest BCUT2D eigenvalue weighted by molar-refractivity contribution is -0.0357. The summed E-state index contributed by atoms with van der Waals surface area (Å²) in [6.45, 7) is 6.20. The molecular formula is C22H26FNO3. The first-order valence-electron chi connectivity index (χ1n) is 9.24. The van der Waals surface area contributed by atoms with E-state index < -0.39 is 11.2 Å². The fourth-order valence-electron chi connectivity index (χ4n) is 3.33. The Balaban J connectivity index is 1.72. The normalized spacial score (nSPS) is 16.9. The van der Waals surface area contributed by atoms with Crippen molar-refractivity contribution in [3.63, 3.8) is 0 Å². The molecule has 0 radical (unpaired) electrons. The van der Waals surface area contributed by atoms with Gasteiger partial charge in [0.1, 0.15) is 11.4 Å². The van der Waals surface area contributed by atoms with Crippen molar-refractivity contribution < 1.29 is 19.0 Å². The minimum absolute atomic E-state index is 0.344. The number of carbonyl (C=O) groups is 1. The van der Waals surface area contributed by atoms with Crippen molar-refractivity contribution in [3.8, 4) is 11.1 Å². The van der Waals surface area contributed by atoms with E-state index >= 15 is 0 Å². The maximum atomic E-state index is 14.7. The average Bonchev–Trinajstić information content (AvgIpc) is 2.61. The lowest BCUT2D eigenvalue weighted by Gasteiger charge is -2.39. The molecule has 1 aliphatic rings. The van der Waals surface area contributed by atoms with E-state index in [-0.39, 0.29) is 11.9 Å². The number of benzene rings is 2. The van der Waals surface area contributed by atoms with Gasteiger partial charge in [0.2, 0.25) is 0 Å². The van der Waals surface area contributed by atoms with Crippen LogP contribution in [-0.2, 0) is 10.3 Å². The Morgan fingerprint density at radius 1 is 1.11 bits per heavy atom. The standard InChI is InChI=1S/C22H26FNO3/c1-21(2,3)27-20(25)24-13-11-22(26,12-14-24)17-9-10-18(19(23)15-17)16-7-5-4-6-8-16/h4-10,15,26H,11-14H2,1-3H3. The second kappa shape index (κ2) is 7.31. The fraction of sp³-hybridized carbons (Fsp3) is 0.409. The Kier molecular flexibility index (Phi) is 5.24. The topological polar surface area (TPSA) is 49.8 Å². The van der Waals surface area contributed by atoms with Gasteiger partial charge in [0.25, 0.3) is 0 Å². The molecule has 0 aromatic heterocycles. The summed E-state index contributed by atoms with van der Waals surface area (Å²) in [5, 5.41) is 11.0. The lowest BCUT2D eigenvalue weighted by atomic mass is 9.83. The van der Waals surface area contributed by atoms with Crippen molar-refractivity contribution in [1.29, 1.82) is 0 Å². The summed E-state index contributed by atoms with van der Waals surface area (Å²) >= 11 is 0. The quantitative estimate of drug-likeness (QED) is 0.832. The SMILES string of the molecule is CC(C)(C)OC(=O)N1CCC(O)(c2ccc(-c3ccccc3)c(F)c2)CC1. The Morgan fingerprint density at radius 2 is 1.74 bits per heavy atom. The summed E-state index contributed by atoms with van der Waals surface area (Å²) in [5.41, 5.74) is 0.154. The van der Waals surface area contributed by atoms with Crippen molar-refractivity contribution in [2.24, 2.45) is 0 Å². The molecule has 0 unspecified atom stereocenters. The Morgan fingerprint density at radius 3 is 2.30 bits per heavy atom. The first kappa shape index (κ1) is 19.4. The second-order valence-electron chi connectivity index (χ2n) is 8.06. The summed E-state index contributed by atoms with van der Waals surface area (Å²) in [5.74, 6) is -0.360. The number of piperidine rings is 1.